The SMILES string of the molecule is CCc1cccc(S(=O)(=O)C(C)CC)c1[N+](=O)[O-]. The Bertz CT molecular complexity index is 551. The highest BCUT2D eigenvalue weighted by atomic mass is 32.2. The zero-order valence-corrected chi connectivity index (χ0v) is 11.5. The highest BCUT2D eigenvalue weighted by molar-refractivity contribution is 7.92. The van der Waals surface area contributed by atoms with Gasteiger partial charge in [0.1, 0.15) is 4.90 Å². The number of hydrogen-bond acceptors (Lipinski definition) is 4. The van der Waals surface area contributed by atoms with E-state index in [1.54, 1.807) is 32.9 Å². The first kappa shape index (κ1) is 14.6. The summed E-state index contributed by atoms with van der Waals surface area (Å²) >= 11 is 0. The summed E-state index contributed by atoms with van der Waals surface area (Å²) in [6.07, 6.45) is 0.857. The summed E-state index contributed by atoms with van der Waals surface area (Å²) in [6, 6.07) is 4.47. The molecule has 1 atom stereocenters. The van der Waals surface area contributed by atoms with Gasteiger partial charge in [-0.05, 0) is 25.8 Å². The predicted molar refractivity (Wildman–Crippen MR) is 69.4 cm³/mol. The molecule has 0 saturated heterocycles. The maximum atomic E-state index is 12.3. The minimum absolute atomic E-state index is 0.166. The van der Waals surface area contributed by atoms with Crippen molar-refractivity contribution in [2.45, 2.75) is 43.8 Å². The highest BCUT2D eigenvalue weighted by Gasteiger charge is 2.31. The number of nitro benzene ring substituents is 1. The predicted octanol–water partition coefficient (Wildman–Crippen LogP) is 2.73. The Balaban J connectivity index is 3.56. The number of aryl methyl sites for hydroxylation is 1. The lowest BCUT2D eigenvalue weighted by Gasteiger charge is -2.12. The van der Waals surface area contributed by atoms with Crippen LogP contribution in [0.15, 0.2) is 23.1 Å². The molecule has 1 aromatic carbocycles. The second-order valence-electron chi connectivity index (χ2n) is 4.14. The molecule has 1 aromatic rings. The van der Waals surface area contributed by atoms with Gasteiger partial charge in [-0.2, -0.15) is 0 Å². The van der Waals surface area contributed by atoms with Crippen LogP contribution in [0.1, 0.15) is 32.8 Å². The Hall–Kier alpha value is -1.43. The van der Waals surface area contributed by atoms with Gasteiger partial charge < -0.3 is 0 Å². The van der Waals surface area contributed by atoms with Crippen LogP contribution < -0.4 is 0 Å². The number of hydrogen-bond donors (Lipinski definition) is 0. The standard InChI is InChI=1S/C12H17NO4S/c1-4-9(3)18(16,17)11-8-6-7-10(5-2)12(11)13(14)15/h6-9H,4-5H2,1-3H3. The van der Waals surface area contributed by atoms with Crippen molar-refractivity contribution < 1.29 is 13.3 Å². The van der Waals surface area contributed by atoms with Gasteiger partial charge >= 0.3 is 0 Å². The van der Waals surface area contributed by atoms with Crippen LogP contribution in [-0.4, -0.2) is 18.6 Å². The molecule has 0 fully saturated rings. The summed E-state index contributed by atoms with van der Waals surface area (Å²) in [7, 11) is -3.64. The molecule has 1 rings (SSSR count). The first-order chi connectivity index (χ1) is 8.36. The van der Waals surface area contributed by atoms with Crippen LogP contribution in [0.2, 0.25) is 0 Å². The topological polar surface area (TPSA) is 77.3 Å². The molecular weight excluding hydrogens is 254 g/mol. The fourth-order valence-corrected chi connectivity index (χ4v) is 3.34. The summed E-state index contributed by atoms with van der Waals surface area (Å²) in [5, 5.41) is 10.5. The molecule has 0 amide bonds. The average molecular weight is 271 g/mol. The molecule has 6 heteroatoms. The van der Waals surface area contributed by atoms with Crippen molar-refractivity contribution >= 4 is 15.5 Å². The number of nitro groups is 1. The first-order valence-electron chi connectivity index (χ1n) is 5.86. The van der Waals surface area contributed by atoms with Crippen LogP contribution in [0.5, 0.6) is 0 Å². The summed E-state index contributed by atoms with van der Waals surface area (Å²) in [5.41, 5.74) is 0.171. The molecule has 0 radical (unpaired) electrons. The Morgan fingerprint density at radius 3 is 2.39 bits per heavy atom. The van der Waals surface area contributed by atoms with E-state index in [4.69, 9.17) is 0 Å². The van der Waals surface area contributed by atoms with Gasteiger partial charge in [0.2, 0.25) is 0 Å². The molecule has 0 aliphatic rings. The number of sulfone groups is 1. The average Bonchev–Trinajstić information content (AvgIpc) is 2.36. The van der Waals surface area contributed by atoms with Gasteiger partial charge in [0.25, 0.3) is 5.69 Å². The third-order valence-electron chi connectivity index (χ3n) is 3.06. The molecule has 0 spiro atoms. The zero-order chi connectivity index (χ0) is 13.9. The van der Waals surface area contributed by atoms with Crippen molar-refractivity contribution in [1.82, 2.24) is 0 Å². The number of nitrogens with zero attached hydrogens (tertiary/aromatic N) is 1. The minimum Gasteiger partial charge on any atom is -0.258 e. The molecule has 0 aliphatic carbocycles. The Kier molecular flexibility index (Phi) is 4.45. The van der Waals surface area contributed by atoms with E-state index >= 15 is 0 Å². The monoisotopic (exact) mass is 271 g/mol. The highest BCUT2D eigenvalue weighted by Crippen LogP contribution is 2.31. The van der Waals surface area contributed by atoms with Crippen LogP contribution in [-0.2, 0) is 16.3 Å². The molecule has 0 aliphatic heterocycles. The van der Waals surface area contributed by atoms with Gasteiger partial charge in [-0.1, -0.05) is 26.0 Å². The number of rotatable bonds is 5. The van der Waals surface area contributed by atoms with E-state index in [0.29, 0.717) is 18.4 Å². The van der Waals surface area contributed by atoms with Crippen molar-refractivity contribution in [2.75, 3.05) is 0 Å². The van der Waals surface area contributed by atoms with Crippen LogP contribution in [0.25, 0.3) is 0 Å². The molecule has 0 aromatic heterocycles. The van der Waals surface area contributed by atoms with Crippen molar-refractivity contribution in [2.24, 2.45) is 0 Å². The third kappa shape index (κ3) is 2.53. The van der Waals surface area contributed by atoms with Crippen molar-refractivity contribution in [3.8, 4) is 0 Å². The van der Waals surface area contributed by atoms with E-state index < -0.39 is 20.0 Å². The molecular formula is C12H17NO4S. The fraction of sp³-hybridized carbons (Fsp3) is 0.500. The largest absolute Gasteiger partial charge is 0.291 e. The maximum Gasteiger partial charge on any atom is 0.291 e. The second kappa shape index (κ2) is 5.48. The second-order valence-corrected chi connectivity index (χ2v) is 6.47. The van der Waals surface area contributed by atoms with Gasteiger partial charge in [0.15, 0.2) is 9.84 Å². The van der Waals surface area contributed by atoms with E-state index in [1.807, 2.05) is 0 Å². The molecule has 0 saturated carbocycles. The Morgan fingerprint density at radius 1 is 1.33 bits per heavy atom. The smallest absolute Gasteiger partial charge is 0.258 e. The summed E-state index contributed by atoms with van der Waals surface area (Å²) < 4.78 is 24.5. The summed E-state index contributed by atoms with van der Waals surface area (Å²) in [6.45, 7) is 5.08. The van der Waals surface area contributed by atoms with Gasteiger partial charge in [0, 0.05) is 5.56 Å². The van der Waals surface area contributed by atoms with Crippen LogP contribution in [0, 0.1) is 10.1 Å². The maximum absolute atomic E-state index is 12.3. The van der Waals surface area contributed by atoms with Crippen LogP contribution in [0.3, 0.4) is 0 Å². The lowest BCUT2D eigenvalue weighted by molar-refractivity contribution is -0.388. The number of para-hydroxylation sites is 1. The van der Waals surface area contributed by atoms with E-state index in [9.17, 15) is 18.5 Å². The van der Waals surface area contributed by atoms with E-state index in [2.05, 4.69) is 0 Å². The van der Waals surface area contributed by atoms with E-state index in [1.165, 1.54) is 6.07 Å². The van der Waals surface area contributed by atoms with Crippen molar-refractivity contribution in [3.63, 3.8) is 0 Å². The van der Waals surface area contributed by atoms with Crippen molar-refractivity contribution in [1.29, 1.82) is 0 Å². The Morgan fingerprint density at radius 2 is 1.94 bits per heavy atom. The number of benzene rings is 1. The molecule has 1 unspecified atom stereocenters. The fourth-order valence-electron chi connectivity index (χ4n) is 1.73. The Labute approximate surface area is 107 Å². The third-order valence-corrected chi connectivity index (χ3v) is 5.39. The quantitative estimate of drug-likeness (QED) is 0.609. The van der Waals surface area contributed by atoms with Gasteiger partial charge in [-0.3, -0.25) is 10.1 Å². The van der Waals surface area contributed by atoms with Crippen molar-refractivity contribution in [3.05, 3.63) is 33.9 Å². The molecule has 0 N–H and O–H groups in total. The molecule has 18 heavy (non-hydrogen) atoms. The van der Waals surface area contributed by atoms with Gasteiger partial charge in [0.05, 0.1) is 10.2 Å². The first-order valence-corrected chi connectivity index (χ1v) is 7.41. The lowest BCUT2D eigenvalue weighted by atomic mass is 10.1. The molecule has 5 nitrogen and oxygen atoms in total. The summed E-state index contributed by atoms with van der Waals surface area (Å²) in [4.78, 5) is 10.3. The zero-order valence-electron chi connectivity index (χ0n) is 10.7. The van der Waals surface area contributed by atoms with Crippen LogP contribution in [0.4, 0.5) is 5.69 Å². The van der Waals surface area contributed by atoms with Crippen LogP contribution >= 0.6 is 0 Å². The minimum atomic E-state index is -3.64. The summed E-state index contributed by atoms with van der Waals surface area (Å²) in [5.74, 6) is 0. The molecule has 0 bridgehead atoms. The molecule has 100 valence electrons. The van der Waals surface area contributed by atoms with E-state index in [0.717, 1.165) is 0 Å². The molecule has 0 heterocycles. The van der Waals surface area contributed by atoms with E-state index in [-0.39, 0.29) is 10.6 Å². The normalized spacial score (nSPS) is 13.3. The van der Waals surface area contributed by atoms with Gasteiger partial charge in [-0.25, -0.2) is 8.42 Å². The lowest BCUT2D eigenvalue weighted by Crippen LogP contribution is -2.18. The van der Waals surface area contributed by atoms with Gasteiger partial charge in [-0.15, -0.1) is 0 Å².